The summed E-state index contributed by atoms with van der Waals surface area (Å²) >= 11 is 0. The number of hydrogen-bond acceptors (Lipinski definition) is 10. The van der Waals surface area contributed by atoms with Crippen molar-refractivity contribution in [2.45, 2.75) is 269 Å². The van der Waals surface area contributed by atoms with E-state index >= 15 is 0 Å². The van der Waals surface area contributed by atoms with E-state index in [2.05, 4.69) is 43.5 Å². The van der Waals surface area contributed by atoms with E-state index < -0.39 is 49.5 Å². The molecule has 0 aromatic heterocycles. The van der Waals surface area contributed by atoms with Crippen LogP contribution >= 0.6 is 0 Å². The van der Waals surface area contributed by atoms with Crippen LogP contribution < -0.4 is 5.32 Å². The average molecular weight is 934 g/mol. The molecule has 0 radical (unpaired) electrons. The second-order valence-corrected chi connectivity index (χ2v) is 18.6. The average Bonchev–Trinajstić information content (AvgIpc) is 3.31. The zero-order valence-corrected chi connectivity index (χ0v) is 41.9. The molecular weight excluding hydrogens is 835 g/mol. The van der Waals surface area contributed by atoms with Crippen molar-refractivity contribution in [3.05, 3.63) is 48.6 Å². The number of esters is 1. The van der Waals surface area contributed by atoms with Gasteiger partial charge in [-0.15, -0.1) is 0 Å². The Morgan fingerprint density at radius 1 is 0.561 bits per heavy atom. The molecule has 1 rings (SSSR count). The maximum Gasteiger partial charge on any atom is 0.305 e. The van der Waals surface area contributed by atoms with Crippen LogP contribution in [0.15, 0.2) is 48.6 Å². The van der Waals surface area contributed by atoms with Gasteiger partial charge in [0.2, 0.25) is 5.91 Å². The highest BCUT2D eigenvalue weighted by Gasteiger charge is 2.44. The molecule has 0 aliphatic carbocycles. The molecule has 0 aromatic carbocycles. The SMILES string of the molecule is CCCCCC/C=C/CC/C=C/C(O)C(COC1OC(CO)C(O)C(O)C1O)NC(=O)CC/C=C\C/C=C\CCCCCCCCOC(=O)CCCCCCCCCCCCCCCCC. The molecule has 1 saturated heterocycles. The molecule has 1 heterocycles. The quantitative estimate of drug-likeness (QED) is 0.0196. The predicted molar refractivity (Wildman–Crippen MR) is 269 cm³/mol. The van der Waals surface area contributed by atoms with Gasteiger partial charge in [-0.1, -0.05) is 197 Å². The fourth-order valence-corrected chi connectivity index (χ4v) is 8.09. The normalized spacial score (nSPS) is 20.0. The van der Waals surface area contributed by atoms with Crippen LogP contribution in [-0.2, 0) is 23.8 Å². The van der Waals surface area contributed by atoms with Crippen molar-refractivity contribution < 1.29 is 49.3 Å². The molecule has 7 atom stereocenters. The monoisotopic (exact) mass is 934 g/mol. The molecule has 1 aliphatic rings. The lowest BCUT2D eigenvalue weighted by Crippen LogP contribution is -2.60. The fourth-order valence-electron chi connectivity index (χ4n) is 8.09. The number of hydrogen-bond donors (Lipinski definition) is 6. The Hall–Kier alpha value is -2.38. The molecule has 11 nitrogen and oxygen atoms in total. The van der Waals surface area contributed by atoms with E-state index in [9.17, 15) is 35.1 Å². The second kappa shape index (κ2) is 45.1. The molecule has 0 aromatic rings. The van der Waals surface area contributed by atoms with Crippen molar-refractivity contribution in [2.24, 2.45) is 0 Å². The number of aliphatic hydroxyl groups excluding tert-OH is 5. The first-order chi connectivity index (χ1) is 32.2. The summed E-state index contributed by atoms with van der Waals surface area (Å²) < 4.78 is 16.6. The van der Waals surface area contributed by atoms with Crippen LogP contribution in [0.4, 0.5) is 0 Å². The molecule has 0 bridgehead atoms. The standard InChI is InChI=1S/C55H99NO10/c1-3-5-7-9-11-13-15-16-17-20-23-27-31-35-39-43-51(60)64-44-40-36-32-28-24-21-18-19-22-26-30-34-38-42-50(59)56-47(46-65-55-54(63)53(62)52(61)49(45-57)66-55)48(58)41-37-33-29-25-14-12-10-8-6-4-2/h14,19,22,25,30,34,37,41,47-49,52-55,57-58,61-63H,3-13,15-18,20-21,23-24,26-29,31-33,35-36,38-40,42-46H2,1-2H3,(H,56,59)/b22-19-,25-14+,34-30-,41-37+. The number of ether oxygens (including phenoxy) is 3. The molecule has 7 unspecified atom stereocenters. The molecule has 6 N–H and O–H groups in total. The first-order valence-electron chi connectivity index (χ1n) is 26.9. The topological polar surface area (TPSA) is 175 Å². The van der Waals surface area contributed by atoms with E-state index in [1.807, 2.05) is 18.2 Å². The van der Waals surface area contributed by atoms with Gasteiger partial charge in [0.1, 0.15) is 24.4 Å². The van der Waals surface area contributed by atoms with Gasteiger partial charge < -0.3 is 45.1 Å². The summed E-state index contributed by atoms with van der Waals surface area (Å²) in [4.78, 5) is 25.0. The van der Waals surface area contributed by atoms with Gasteiger partial charge in [0.15, 0.2) is 6.29 Å². The maximum absolute atomic E-state index is 12.9. The largest absolute Gasteiger partial charge is 0.466 e. The molecule has 1 aliphatic heterocycles. The van der Waals surface area contributed by atoms with E-state index in [0.717, 1.165) is 70.6 Å². The molecule has 1 amide bonds. The lowest BCUT2D eigenvalue weighted by Gasteiger charge is -2.40. The summed E-state index contributed by atoms with van der Waals surface area (Å²) in [5.74, 6) is -0.314. The van der Waals surface area contributed by atoms with E-state index in [1.54, 1.807) is 6.08 Å². The number of carbonyl (C=O) groups excluding carboxylic acids is 2. The summed E-state index contributed by atoms with van der Waals surface area (Å²) in [5, 5.41) is 54.0. The first-order valence-corrected chi connectivity index (χ1v) is 26.9. The lowest BCUT2D eigenvalue weighted by atomic mass is 9.99. The number of unbranched alkanes of at least 4 members (excludes halogenated alkanes) is 25. The van der Waals surface area contributed by atoms with Gasteiger partial charge >= 0.3 is 5.97 Å². The van der Waals surface area contributed by atoms with Crippen molar-refractivity contribution in [3.8, 4) is 0 Å². The zero-order valence-electron chi connectivity index (χ0n) is 41.9. The van der Waals surface area contributed by atoms with Crippen LogP contribution in [0.25, 0.3) is 0 Å². The highest BCUT2D eigenvalue weighted by Crippen LogP contribution is 2.23. The van der Waals surface area contributed by atoms with Crippen LogP contribution in [0.3, 0.4) is 0 Å². The van der Waals surface area contributed by atoms with Crippen LogP contribution in [0.2, 0.25) is 0 Å². The third-order valence-electron chi connectivity index (χ3n) is 12.4. The summed E-state index contributed by atoms with van der Waals surface area (Å²) in [6.45, 7) is 4.19. The van der Waals surface area contributed by atoms with Gasteiger partial charge in [-0.3, -0.25) is 9.59 Å². The molecule has 66 heavy (non-hydrogen) atoms. The Labute approximate surface area is 402 Å². The number of nitrogens with one attached hydrogen (secondary N) is 1. The molecule has 0 saturated carbocycles. The Morgan fingerprint density at radius 3 is 1.64 bits per heavy atom. The Balaban J connectivity index is 2.17. The summed E-state index contributed by atoms with van der Waals surface area (Å²) in [6.07, 6.45) is 45.0. The third-order valence-corrected chi connectivity index (χ3v) is 12.4. The third kappa shape index (κ3) is 34.8. The van der Waals surface area contributed by atoms with Crippen LogP contribution in [0.1, 0.15) is 226 Å². The van der Waals surface area contributed by atoms with Crippen molar-refractivity contribution in [2.75, 3.05) is 19.8 Å². The number of aliphatic hydroxyl groups is 5. The molecule has 384 valence electrons. The second-order valence-electron chi connectivity index (χ2n) is 18.6. The van der Waals surface area contributed by atoms with Crippen LogP contribution in [-0.4, -0.2) is 100 Å². The van der Waals surface area contributed by atoms with Crippen LogP contribution in [0, 0.1) is 0 Å². The Bertz CT molecular complexity index is 1240. The van der Waals surface area contributed by atoms with Crippen molar-refractivity contribution in [1.82, 2.24) is 5.32 Å². The molecule has 11 heteroatoms. The van der Waals surface area contributed by atoms with Crippen molar-refractivity contribution in [1.29, 1.82) is 0 Å². The van der Waals surface area contributed by atoms with Gasteiger partial charge in [0.05, 0.1) is 32.0 Å². The van der Waals surface area contributed by atoms with Gasteiger partial charge in [0, 0.05) is 12.8 Å². The van der Waals surface area contributed by atoms with Crippen molar-refractivity contribution >= 4 is 11.9 Å². The number of allylic oxidation sites excluding steroid dienone is 7. The summed E-state index contributed by atoms with van der Waals surface area (Å²) in [6, 6.07) is -0.870. The predicted octanol–water partition coefficient (Wildman–Crippen LogP) is 11.3. The highest BCUT2D eigenvalue weighted by atomic mass is 16.7. The highest BCUT2D eigenvalue weighted by molar-refractivity contribution is 5.76. The minimum atomic E-state index is -1.59. The minimum absolute atomic E-state index is 0.0385. The smallest absolute Gasteiger partial charge is 0.305 e. The summed E-state index contributed by atoms with van der Waals surface area (Å²) in [7, 11) is 0. The molecule has 1 fully saturated rings. The van der Waals surface area contributed by atoms with Gasteiger partial charge in [0.25, 0.3) is 0 Å². The van der Waals surface area contributed by atoms with E-state index in [0.29, 0.717) is 19.4 Å². The van der Waals surface area contributed by atoms with Gasteiger partial charge in [-0.2, -0.15) is 0 Å². The molecular formula is C55H99NO10. The zero-order chi connectivity index (χ0) is 48.1. The Kier molecular flexibility index (Phi) is 42.1. The van der Waals surface area contributed by atoms with E-state index in [1.165, 1.54) is 122 Å². The first kappa shape index (κ1) is 61.6. The van der Waals surface area contributed by atoms with Crippen LogP contribution in [0.5, 0.6) is 0 Å². The Morgan fingerprint density at radius 2 is 1.05 bits per heavy atom. The van der Waals surface area contributed by atoms with Crippen molar-refractivity contribution in [3.63, 3.8) is 0 Å². The molecule has 0 spiro atoms. The maximum atomic E-state index is 12.9. The van der Waals surface area contributed by atoms with Gasteiger partial charge in [-0.25, -0.2) is 0 Å². The van der Waals surface area contributed by atoms with E-state index in [4.69, 9.17) is 14.2 Å². The lowest BCUT2D eigenvalue weighted by molar-refractivity contribution is -0.302. The summed E-state index contributed by atoms with van der Waals surface area (Å²) in [5.41, 5.74) is 0. The number of amides is 1. The number of rotatable bonds is 45. The minimum Gasteiger partial charge on any atom is -0.466 e. The number of carbonyl (C=O) groups is 2. The van der Waals surface area contributed by atoms with Gasteiger partial charge in [-0.05, 0) is 64.2 Å². The fraction of sp³-hybridized carbons (Fsp3) is 0.818. The van der Waals surface area contributed by atoms with E-state index in [-0.39, 0.29) is 24.9 Å².